The minimum absolute atomic E-state index is 0.0113. The Hall–Kier alpha value is -1.10. The second-order valence-electron chi connectivity index (χ2n) is 5.02. The van der Waals surface area contributed by atoms with E-state index in [0.717, 1.165) is 6.42 Å². The molecule has 0 rings (SSSR count). The summed E-state index contributed by atoms with van der Waals surface area (Å²) in [5.74, 6) is 0.604. The van der Waals surface area contributed by atoms with E-state index in [1.807, 2.05) is 6.92 Å². The van der Waals surface area contributed by atoms with Gasteiger partial charge in [-0.05, 0) is 31.7 Å². The molecule has 0 spiro atoms. The third kappa shape index (κ3) is 6.59. The van der Waals surface area contributed by atoms with E-state index in [1.54, 1.807) is 11.9 Å². The fourth-order valence-electron chi connectivity index (χ4n) is 1.93. The molecule has 0 heterocycles. The third-order valence-electron chi connectivity index (χ3n) is 2.95. The van der Waals surface area contributed by atoms with Gasteiger partial charge in [0, 0.05) is 20.0 Å². The number of carbonyl (C=O) groups excluding carboxylic acids is 2. The SMILES string of the molecule is CCN(CC(=O)NC)C(=O)CC(CN)CC(C)C. The summed E-state index contributed by atoms with van der Waals surface area (Å²) in [4.78, 5) is 24.9. The van der Waals surface area contributed by atoms with E-state index in [1.165, 1.54) is 0 Å². The van der Waals surface area contributed by atoms with E-state index in [0.29, 0.717) is 25.4 Å². The average Bonchev–Trinajstić information content (AvgIpc) is 2.33. The number of nitrogens with two attached hydrogens (primary N) is 1. The molecular formula is C13H27N3O2. The maximum absolute atomic E-state index is 12.1. The van der Waals surface area contributed by atoms with Gasteiger partial charge < -0.3 is 16.0 Å². The smallest absolute Gasteiger partial charge is 0.239 e. The van der Waals surface area contributed by atoms with Gasteiger partial charge in [0.2, 0.25) is 11.8 Å². The van der Waals surface area contributed by atoms with Crippen LogP contribution in [0.15, 0.2) is 0 Å². The minimum atomic E-state index is -0.140. The van der Waals surface area contributed by atoms with Crippen molar-refractivity contribution in [3.05, 3.63) is 0 Å². The second kappa shape index (κ2) is 8.91. The van der Waals surface area contributed by atoms with Crippen LogP contribution < -0.4 is 11.1 Å². The first kappa shape index (κ1) is 16.9. The summed E-state index contributed by atoms with van der Waals surface area (Å²) in [6, 6.07) is 0. The van der Waals surface area contributed by atoms with Gasteiger partial charge in [-0.2, -0.15) is 0 Å². The van der Waals surface area contributed by atoms with Gasteiger partial charge in [-0.25, -0.2) is 0 Å². The first-order valence-corrected chi connectivity index (χ1v) is 6.62. The Morgan fingerprint density at radius 2 is 1.94 bits per heavy atom. The van der Waals surface area contributed by atoms with E-state index in [-0.39, 0.29) is 24.3 Å². The highest BCUT2D eigenvalue weighted by molar-refractivity contribution is 5.84. The number of nitrogens with one attached hydrogen (secondary N) is 1. The molecule has 5 heteroatoms. The zero-order valence-corrected chi connectivity index (χ0v) is 12.0. The normalized spacial score (nSPS) is 12.3. The van der Waals surface area contributed by atoms with Crippen LogP contribution in [-0.2, 0) is 9.59 Å². The Morgan fingerprint density at radius 1 is 1.33 bits per heavy atom. The van der Waals surface area contributed by atoms with Crippen molar-refractivity contribution in [2.75, 3.05) is 26.7 Å². The fraction of sp³-hybridized carbons (Fsp3) is 0.846. The molecule has 1 unspecified atom stereocenters. The van der Waals surface area contributed by atoms with Crippen molar-refractivity contribution in [1.82, 2.24) is 10.2 Å². The number of rotatable bonds is 8. The van der Waals surface area contributed by atoms with E-state index in [2.05, 4.69) is 19.2 Å². The Labute approximate surface area is 110 Å². The topological polar surface area (TPSA) is 75.4 Å². The lowest BCUT2D eigenvalue weighted by Crippen LogP contribution is -2.40. The highest BCUT2D eigenvalue weighted by Crippen LogP contribution is 2.15. The minimum Gasteiger partial charge on any atom is -0.358 e. The van der Waals surface area contributed by atoms with Crippen LogP contribution in [-0.4, -0.2) is 43.4 Å². The van der Waals surface area contributed by atoms with E-state index >= 15 is 0 Å². The molecule has 0 radical (unpaired) electrons. The van der Waals surface area contributed by atoms with Crippen LogP contribution in [0.4, 0.5) is 0 Å². The number of carbonyl (C=O) groups is 2. The van der Waals surface area contributed by atoms with Gasteiger partial charge in [0.1, 0.15) is 0 Å². The lowest BCUT2D eigenvalue weighted by atomic mass is 9.94. The molecule has 5 nitrogen and oxygen atoms in total. The number of hydrogen-bond donors (Lipinski definition) is 2. The first-order chi connectivity index (χ1) is 8.44. The van der Waals surface area contributed by atoms with Gasteiger partial charge in [0.15, 0.2) is 0 Å². The molecule has 0 aromatic rings. The fourth-order valence-corrected chi connectivity index (χ4v) is 1.93. The van der Waals surface area contributed by atoms with E-state index in [4.69, 9.17) is 5.73 Å². The monoisotopic (exact) mass is 257 g/mol. The molecule has 0 fully saturated rings. The first-order valence-electron chi connectivity index (χ1n) is 6.62. The second-order valence-corrected chi connectivity index (χ2v) is 5.02. The standard InChI is InChI=1S/C13H27N3O2/c1-5-16(9-12(17)15-4)13(18)7-11(8-14)6-10(2)3/h10-11H,5-9,14H2,1-4H3,(H,15,17). The van der Waals surface area contributed by atoms with Crippen LogP contribution in [0.25, 0.3) is 0 Å². The molecule has 0 aliphatic rings. The summed E-state index contributed by atoms with van der Waals surface area (Å²) in [6.07, 6.45) is 1.37. The maximum Gasteiger partial charge on any atom is 0.239 e. The Morgan fingerprint density at radius 3 is 2.33 bits per heavy atom. The van der Waals surface area contributed by atoms with Crippen molar-refractivity contribution in [2.24, 2.45) is 17.6 Å². The third-order valence-corrected chi connectivity index (χ3v) is 2.95. The Bertz CT molecular complexity index is 267. The van der Waals surface area contributed by atoms with Crippen LogP contribution >= 0.6 is 0 Å². The van der Waals surface area contributed by atoms with Gasteiger partial charge in [-0.15, -0.1) is 0 Å². The van der Waals surface area contributed by atoms with Crippen LogP contribution in [0.1, 0.15) is 33.6 Å². The molecule has 0 aromatic carbocycles. The van der Waals surface area contributed by atoms with E-state index in [9.17, 15) is 9.59 Å². The van der Waals surface area contributed by atoms with Crippen molar-refractivity contribution in [3.63, 3.8) is 0 Å². The number of likely N-dealkylation sites (N-methyl/N-ethyl adjacent to an activating group) is 2. The van der Waals surface area contributed by atoms with Crippen molar-refractivity contribution in [2.45, 2.75) is 33.6 Å². The molecular weight excluding hydrogens is 230 g/mol. The number of hydrogen-bond acceptors (Lipinski definition) is 3. The summed E-state index contributed by atoms with van der Waals surface area (Å²) >= 11 is 0. The zero-order chi connectivity index (χ0) is 14.1. The van der Waals surface area contributed by atoms with Gasteiger partial charge in [0.05, 0.1) is 6.54 Å². The predicted molar refractivity (Wildman–Crippen MR) is 72.9 cm³/mol. The predicted octanol–water partition coefficient (Wildman–Crippen LogP) is 0.592. The van der Waals surface area contributed by atoms with Gasteiger partial charge in [-0.1, -0.05) is 13.8 Å². The molecule has 0 aliphatic heterocycles. The summed E-state index contributed by atoms with van der Waals surface area (Å²) < 4.78 is 0. The molecule has 0 aromatic heterocycles. The molecule has 2 amide bonds. The number of nitrogens with zero attached hydrogens (tertiary/aromatic N) is 1. The number of amides is 2. The van der Waals surface area contributed by atoms with Crippen LogP contribution in [0.5, 0.6) is 0 Å². The summed E-state index contributed by atoms with van der Waals surface area (Å²) in [5.41, 5.74) is 5.69. The molecule has 0 saturated heterocycles. The Balaban J connectivity index is 4.36. The van der Waals surface area contributed by atoms with Crippen molar-refractivity contribution in [3.8, 4) is 0 Å². The molecule has 0 aliphatic carbocycles. The molecule has 0 saturated carbocycles. The highest BCUT2D eigenvalue weighted by Gasteiger charge is 2.19. The van der Waals surface area contributed by atoms with Crippen molar-refractivity contribution < 1.29 is 9.59 Å². The molecule has 18 heavy (non-hydrogen) atoms. The lowest BCUT2D eigenvalue weighted by molar-refractivity contribution is -0.136. The molecule has 1 atom stereocenters. The summed E-state index contributed by atoms with van der Waals surface area (Å²) in [7, 11) is 1.57. The van der Waals surface area contributed by atoms with Gasteiger partial charge >= 0.3 is 0 Å². The lowest BCUT2D eigenvalue weighted by Gasteiger charge is -2.23. The van der Waals surface area contributed by atoms with Crippen molar-refractivity contribution >= 4 is 11.8 Å². The quantitative estimate of drug-likeness (QED) is 0.668. The van der Waals surface area contributed by atoms with Crippen LogP contribution in [0.2, 0.25) is 0 Å². The average molecular weight is 257 g/mol. The molecule has 106 valence electrons. The van der Waals surface area contributed by atoms with Crippen LogP contribution in [0, 0.1) is 11.8 Å². The largest absolute Gasteiger partial charge is 0.358 e. The molecule has 3 N–H and O–H groups in total. The van der Waals surface area contributed by atoms with Gasteiger partial charge in [-0.3, -0.25) is 9.59 Å². The zero-order valence-electron chi connectivity index (χ0n) is 12.0. The van der Waals surface area contributed by atoms with Crippen LogP contribution in [0.3, 0.4) is 0 Å². The van der Waals surface area contributed by atoms with E-state index < -0.39 is 0 Å². The highest BCUT2D eigenvalue weighted by atomic mass is 16.2. The summed E-state index contributed by atoms with van der Waals surface area (Å²) in [6.45, 7) is 7.31. The Kier molecular flexibility index (Phi) is 8.37. The van der Waals surface area contributed by atoms with Crippen molar-refractivity contribution in [1.29, 1.82) is 0 Å². The van der Waals surface area contributed by atoms with Gasteiger partial charge in [0.25, 0.3) is 0 Å². The maximum atomic E-state index is 12.1. The summed E-state index contributed by atoms with van der Waals surface area (Å²) in [5, 5.41) is 2.53. The molecule has 0 bridgehead atoms.